The van der Waals surface area contributed by atoms with Crippen LogP contribution in [0.1, 0.15) is 25.3 Å². The number of unbranched alkanes of at least 4 members (excludes halogenated alkanes) is 1. The van der Waals surface area contributed by atoms with Gasteiger partial charge in [-0.25, -0.2) is 0 Å². The van der Waals surface area contributed by atoms with E-state index in [1.807, 2.05) is 36.4 Å². The van der Waals surface area contributed by atoms with Crippen LogP contribution in [0.2, 0.25) is 0 Å². The van der Waals surface area contributed by atoms with Crippen molar-refractivity contribution < 1.29 is 4.79 Å². The number of hydrogen-bond acceptors (Lipinski definition) is 1. The fourth-order valence-corrected chi connectivity index (χ4v) is 1.73. The van der Waals surface area contributed by atoms with Gasteiger partial charge in [0.1, 0.15) is 0 Å². The van der Waals surface area contributed by atoms with Gasteiger partial charge in [-0.1, -0.05) is 43.7 Å². The van der Waals surface area contributed by atoms with E-state index >= 15 is 0 Å². The van der Waals surface area contributed by atoms with Gasteiger partial charge in [0, 0.05) is 16.8 Å². The maximum Gasteiger partial charge on any atom is 0.256 e. The Kier molecular flexibility index (Phi) is 3.20. The van der Waals surface area contributed by atoms with Crippen molar-refractivity contribution in [1.29, 1.82) is 0 Å². The number of allylic oxidation sites excluding steroid dienone is 3. The Bertz CT molecular complexity index is 458. The molecule has 0 saturated heterocycles. The van der Waals surface area contributed by atoms with Crippen LogP contribution in [0, 0.1) is 0 Å². The molecule has 0 aliphatic carbocycles. The second-order valence-corrected chi connectivity index (χ2v) is 3.80. The van der Waals surface area contributed by atoms with E-state index in [1.54, 1.807) is 0 Å². The molecular formula is C14H15NO. The van der Waals surface area contributed by atoms with E-state index in [2.05, 4.69) is 18.3 Å². The first kappa shape index (κ1) is 10.7. The molecule has 0 saturated carbocycles. The van der Waals surface area contributed by atoms with Gasteiger partial charge in [-0.15, -0.1) is 0 Å². The number of carbonyl (C=O) groups is 1. The molecule has 1 aliphatic heterocycles. The summed E-state index contributed by atoms with van der Waals surface area (Å²) in [4.78, 5) is 11.7. The second-order valence-electron chi connectivity index (χ2n) is 3.80. The van der Waals surface area contributed by atoms with Crippen LogP contribution in [-0.4, -0.2) is 5.91 Å². The van der Waals surface area contributed by atoms with Gasteiger partial charge in [0.05, 0.1) is 0 Å². The maximum absolute atomic E-state index is 11.7. The molecule has 0 fully saturated rings. The van der Waals surface area contributed by atoms with Crippen LogP contribution in [0.5, 0.6) is 0 Å². The Morgan fingerprint density at radius 2 is 2.12 bits per heavy atom. The molecule has 1 aromatic carbocycles. The van der Waals surface area contributed by atoms with Crippen molar-refractivity contribution in [3.05, 3.63) is 48.1 Å². The summed E-state index contributed by atoms with van der Waals surface area (Å²) in [7, 11) is 0. The predicted molar refractivity (Wildman–Crippen MR) is 67.1 cm³/mol. The summed E-state index contributed by atoms with van der Waals surface area (Å²) in [5, 5.41) is 2.85. The minimum Gasteiger partial charge on any atom is -0.321 e. The molecular weight excluding hydrogens is 198 g/mol. The highest BCUT2D eigenvalue weighted by Gasteiger charge is 2.22. The molecule has 1 N–H and O–H groups in total. The number of carbonyl (C=O) groups excluding carboxylic acids is 1. The van der Waals surface area contributed by atoms with E-state index in [1.165, 1.54) is 0 Å². The van der Waals surface area contributed by atoms with E-state index in [9.17, 15) is 4.79 Å². The third kappa shape index (κ3) is 2.06. The van der Waals surface area contributed by atoms with Gasteiger partial charge in [0.25, 0.3) is 5.91 Å². The number of amides is 1. The Morgan fingerprint density at radius 1 is 1.31 bits per heavy atom. The molecule has 1 aliphatic rings. The zero-order valence-electron chi connectivity index (χ0n) is 9.36. The number of rotatable bonds is 3. The van der Waals surface area contributed by atoms with Crippen LogP contribution in [0.3, 0.4) is 0 Å². The summed E-state index contributed by atoms with van der Waals surface area (Å²) in [5.41, 5.74) is 2.65. The number of benzene rings is 1. The van der Waals surface area contributed by atoms with Crippen LogP contribution < -0.4 is 5.32 Å². The van der Waals surface area contributed by atoms with Crippen molar-refractivity contribution in [2.24, 2.45) is 0 Å². The first-order chi connectivity index (χ1) is 7.83. The molecule has 82 valence electrons. The van der Waals surface area contributed by atoms with Crippen molar-refractivity contribution in [1.82, 2.24) is 0 Å². The first-order valence-corrected chi connectivity index (χ1v) is 5.60. The molecule has 2 heteroatoms. The Hall–Kier alpha value is -1.83. The Morgan fingerprint density at radius 3 is 2.94 bits per heavy atom. The number of nitrogens with one attached hydrogen (secondary N) is 1. The third-order valence-corrected chi connectivity index (χ3v) is 2.56. The van der Waals surface area contributed by atoms with Crippen molar-refractivity contribution >= 4 is 17.2 Å². The normalized spacial score (nSPS) is 16.8. The lowest BCUT2D eigenvalue weighted by molar-refractivity contribution is -0.110. The first-order valence-electron chi connectivity index (χ1n) is 5.60. The molecule has 0 aromatic heterocycles. The van der Waals surface area contributed by atoms with Crippen LogP contribution in [-0.2, 0) is 4.79 Å². The number of para-hydroxylation sites is 1. The zero-order valence-corrected chi connectivity index (χ0v) is 9.36. The summed E-state index contributed by atoms with van der Waals surface area (Å²) >= 11 is 0. The smallest absolute Gasteiger partial charge is 0.256 e. The van der Waals surface area contributed by atoms with Gasteiger partial charge < -0.3 is 5.32 Å². The van der Waals surface area contributed by atoms with Gasteiger partial charge in [-0.05, 0) is 18.6 Å². The number of anilines is 1. The average molecular weight is 213 g/mol. The van der Waals surface area contributed by atoms with Gasteiger partial charge in [0.2, 0.25) is 0 Å². The molecule has 16 heavy (non-hydrogen) atoms. The van der Waals surface area contributed by atoms with E-state index in [-0.39, 0.29) is 5.91 Å². The Labute approximate surface area is 95.7 Å². The fourth-order valence-electron chi connectivity index (χ4n) is 1.73. The molecule has 0 unspecified atom stereocenters. The van der Waals surface area contributed by atoms with Crippen molar-refractivity contribution in [2.75, 3.05) is 5.32 Å². The molecule has 0 bridgehead atoms. The van der Waals surface area contributed by atoms with E-state index in [0.717, 1.165) is 29.7 Å². The van der Waals surface area contributed by atoms with E-state index in [4.69, 9.17) is 0 Å². The predicted octanol–water partition coefficient (Wildman–Crippen LogP) is 3.38. The minimum atomic E-state index is -0.0117. The molecule has 1 heterocycles. The van der Waals surface area contributed by atoms with Crippen LogP contribution in [0.15, 0.2) is 42.5 Å². The lowest BCUT2D eigenvalue weighted by Crippen LogP contribution is -2.03. The van der Waals surface area contributed by atoms with E-state index < -0.39 is 0 Å². The highest BCUT2D eigenvalue weighted by atomic mass is 16.1. The van der Waals surface area contributed by atoms with Crippen LogP contribution in [0.25, 0.3) is 5.57 Å². The quantitative estimate of drug-likeness (QED) is 0.766. The summed E-state index contributed by atoms with van der Waals surface area (Å²) < 4.78 is 0. The lowest BCUT2D eigenvalue weighted by atomic mass is 10.1. The molecule has 1 amide bonds. The van der Waals surface area contributed by atoms with E-state index in [0.29, 0.717) is 0 Å². The third-order valence-electron chi connectivity index (χ3n) is 2.56. The van der Waals surface area contributed by atoms with Gasteiger partial charge in [-0.2, -0.15) is 0 Å². The summed E-state index contributed by atoms with van der Waals surface area (Å²) in [6.07, 6.45) is 8.11. The molecule has 0 atom stereocenters. The molecule has 2 rings (SSSR count). The van der Waals surface area contributed by atoms with Crippen molar-refractivity contribution in [2.45, 2.75) is 19.8 Å². The Balaban J connectivity index is 2.25. The van der Waals surface area contributed by atoms with Gasteiger partial charge in [0.15, 0.2) is 0 Å². The SMILES string of the molecule is CCC/C=C/C=C1/C(=O)Nc2ccccc21. The largest absolute Gasteiger partial charge is 0.321 e. The van der Waals surface area contributed by atoms with Crippen LogP contribution in [0.4, 0.5) is 5.69 Å². The standard InChI is InChI=1S/C14H15NO/c1-2-3-4-5-9-12-11-8-6-7-10-13(11)15-14(12)16/h4-10H,2-3H2,1H3,(H,15,16)/b5-4+,12-9+. The fraction of sp³-hybridized carbons (Fsp3) is 0.214. The molecule has 2 nitrogen and oxygen atoms in total. The zero-order chi connectivity index (χ0) is 11.4. The minimum absolute atomic E-state index is 0.0117. The number of hydrogen-bond donors (Lipinski definition) is 1. The second kappa shape index (κ2) is 4.79. The average Bonchev–Trinajstić information content (AvgIpc) is 2.61. The van der Waals surface area contributed by atoms with Gasteiger partial charge in [-0.3, -0.25) is 4.79 Å². The highest BCUT2D eigenvalue weighted by molar-refractivity contribution is 6.31. The topological polar surface area (TPSA) is 29.1 Å². The maximum atomic E-state index is 11.7. The summed E-state index contributed by atoms with van der Waals surface area (Å²) in [5.74, 6) is -0.0117. The monoisotopic (exact) mass is 213 g/mol. The lowest BCUT2D eigenvalue weighted by Gasteiger charge is -1.94. The molecule has 0 radical (unpaired) electrons. The molecule has 0 spiro atoms. The highest BCUT2D eigenvalue weighted by Crippen LogP contribution is 2.30. The van der Waals surface area contributed by atoms with Gasteiger partial charge >= 0.3 is 0 Å². The van der Waals surface area contributed by atoms with Crippen LogP contribution >= 0.6 is 0 Å². The molecule has 1 aromatic rings. The summed E-state index contributed by atoms with van der Waals surface area (Å²) in [6, 6.07) is 7.76. The number of fused-ring (bicyclic) bond motifs is 1. The summed E-state index contributed by atoms with van der Waals surface area (Å²) in [6.45, 7) is 2.13. The van der Waals surface area contributed by atoms with Crippen molar-refractivity contribution in [3.63, 3.8) is 0 Å². The van der Waals surface area contributed by atoms with Crippen molar-refractivity contribution in [3.8, 4) is 0 Å².